The van der Waals surface area contributed by atoms with Gasteiger partial charge in [0.05, 0.1) is 16.6 Å². The Morgan fingerprint density at radius 3 is 2.31 bits per heavy atom. The number of nitro benzene ring substituents is 1. The minimum absolute atomic E-state index is 0.195. The molecule has 0 aliphatic carbocycles. The number of nitro groups is 1. The van der Waals surface area contributed by atoms with Crippen molar-refractivity contribution in [2.24, 2.45) is 11.8 Å². The van der Waals surface area contributed by atoms with E-state index in [1.165, 1.54) is 13.8 Å². The third-order valence-electron chi connectivity index (χ3n) is 4.68. The SMILES string of the molecule is C[C@@H](O)[C@H]1C(O)N[C@@H]1[C@@H](C)C(=O)C(=[N+]=[N-])C(=O)OC(=O)c1ccc([N+](=O)[O-])cc1. The monoisotopic (exact) mass is 406 g/mol. The quantitative estimate of drug-likeness (QED) is 0.101. The molecule has 1 aliphatic rings. The Morgan fingerprint density at radius 2 is 1.86 bits per heavy atom. The second kappa shape index (κ2) is 8.80. The van der Waals surface area contributed by atoms with Gasteiger partial charge in [-0.1, -0.05) is 6.92 Å². The van der Waals surface area contributed by atoms with Crippen molar-refractivity contribution in [2.45, 2.75) is 32.2 Å². The first-order chi connectivity index (χ1) is 13.6. The van der Waals surface area contributed by atoms with E-state index in [2.05, 4.69) is 14.8 Å². The van der Waals surface area contributed by atoms with Gasteiger partial charge in [0.15, 0.2) is 0 Å². The van der Waals surface area contributed by atoms with Crippen LogP contribution in [0.1, 0.15) is 24.2 Å². The Kier molecular flexibility index (Phi) is 6.67. The third kappa shape index (κ3) is 4.58. The van der Waals surface area contributed by atoms with Crippen molar-refractivity contribution < 1.29 is 39.0 Å². The van der Waals surface area contributed by atoms with E-state index in [-0.39, 0.29) is 11.3 Å². The van der Waals surface area contributed by atoms with Gasteiger partial charge in [-0.05, 0) is 19.1 Å². The van der Waals surface area contributed by atoms with Gasteiger partial charge >= 0.3 is 17.7 Å². The number of non-ortho nitro benzene ring substituents is 1. The van der Waals surface area contributed by atoms with E-state index in [9.17, 15) is 34.7 Å². The van der Waals surface area contributed by atoms with Crippen molar-refractivity contribution in [2.75, 3.05) is 0 Å². The van der Waals surface area contributed by atoms with E-state index in [4.69, 9.17) is 5.53 Å². The van der Waals surface area contributed by atoms with Crippen molar-refractivity contribution in [1.29, 1.82) is 0 Å². The molecule has 12 heteroatoms. The third-order valence-corrected chi connectivity index (χ3v) is 4.68. The number of nitrogens with zero attached hydrogens (tertiary/aromatic N) is 3. The minimum atomic E-state index is -1.51. The summed E-state index contributed by atoms with van der Waals surface area (Å²) in [7, 11) is 0. The number of aliphatic hydroxyl groups excluding tert-OH is 2. The normalized spacial score (nSPS) is 22.4. The second-order valence-electron chi connectivity index (χ2n) is 6.54. The Balaban J connectivity index is 2.08. The molecule has 1 saturated heterocycles. The first-order valence-corrected chi connectivity index (χ1v) is 8.47. The molecular formula is C17H18N4O8. The molecule has 0 aromatic heterocycles. The summed E-state index contributed by atoms with van der Waals surface area (Å²) in [6.45, 7) is 2.81. The lowest BCUT2D eigenvalue weighted by Gasteiger charge is -2.46. The number of aliphatic hydroxyl groups is 2. The molecule has 1 unspecified atom stereocenters. The summed E-state index contributed by atoms with van der Waals surface area (Å²) in [6, 6.07) is 3.47. The molecule has 0 amide bonds. The highest BCUT2D eigenvalue weighted by atomic mass is 16.6. The Hall–Kier alpha value is -3.31. The topological polar surface area (TPSA) is 192 Å². The molecule has 1 heterocycles. The fourth-order valence-corrected chi connectivity index (χ4v) is 3.02. The molecule has 1 fully saturated rings. The highest BCUT2D eigenvalue weighted by Crippen LogP contribution is 2.29. The van der Waals surface area contributed by atoms with Crippen LogP contribution in [0, 0.1) is 22.0 Å². The fraction of sp³-hybridized carbons (Fsp3) is 0.412. The summed E-state index contributed by atoms with van der Waals surface area (Å²) in [5, 5.41) is 32.6. The van der Waals surface area contributed by atoms with Gasteiger partial charge in [-0.3, -0.25) is 20.2 Å². The summed E-state index contributed by atoms with van der Waals surface area (Å²) in [4.78, 5) is 49.1. The highest BCUT2D eigenvalue weighted by Gasteiger charge is 2.50. The maximum atomic E-state index is 12.5. The van der Waals surface area contributed by atoms with Crippen LogP contribution in [-0.4, -0.2) is 61.7 Å². The number of benzene rings is 1. The number of ether oxygens (including phenoxy) is 1. The van der Waals surface area contributed by atoms with Gasteiger partial charge in [-0.15, -0.1) is 0 Å². The van der Waals surface area contributed by atoms with Crippen molar-refractivity contribution in [3.8, 4) is 0 Å². The molecule has 12 nitrogen and oxygen atoms in total. The lowest BCUT2D eigenvalue weighted by atomic mass is 9.76. The van der Waals surface area contributed by atoms with Crippen molar-refractivity contribution >= 4 is 29.1 Å². The number of nitrogens with one attached hydrogen (secondary N) is 1. The number of carbonyl (C=O) groups is 3. The standard InChI is InChI=1S/C17H18N4O8/c1-7(12-11(8(2)22)15(24)19-12)14(23)13(20-18)17(26)29-16(25)9-3-5-10(6-4-9)21(27)28/h3-8,11-12,15,19,22,24H,1-2H3/t7-,8-,11-,12-,15?/m1/s1. The number of hydrogen-bond acceptors (Lipinski definition) is 9. The predicted molar refractivity (Wildman–Crippen MR) is 94.4 cm³/mol. The maximum absolute atomic E-state index is 12.5. The van der Waals surface area contributed by atoms with Gasteiger partial charge in [-0.2, -0.15) is 4.79 Å². The number of carbonyl (C=O) groups excluding carboxylic acids is 3. The van der Waals surface area contributed by atoms with Crippen LogP contribution in [0.15, 0.2) is 24.3 Å². The summed E-state index contributed by atoms with van der Waals surface area (Å²) in [5.74, 6) is -5.37. The molecule has 0 bridgehead atoms. The van der Waals surface area contributed by atoms with Crippen LogP contribution in [0.4, 0.5) is 5.69 Å². The molecule has 1 aliphatic heterocycles. The predicted octanol–water partition coefficient (Wildman–Crippen LogP) is -0.559. The van der Waals surface area contributed by atoms with E-state index >= 15 is 0 Å². The molecule has 5 atom stereocenters. The zero-order chi connectivity index (χ0) is 21.9. The zero-order valence-corrected chi connectivity index (χ0v) is 15.4. The number of Topliss-reactive ketones (excluding diaryl/α,β-unsaturated/α-hetero) is 1. The fourth-order valence-electron chi connectivity index (χ4n) is 3.02. The molecular weight excluding hydrogens is 388 g/mol. The van der Waals surface area contributed by atoms with Crippen molar-refractivity contribution in [1.82, 2.24) is 5.32 Å². The molecule has 1 aromatic carbocycles. The number of esters is 2. The van der Waals surface area contributed by atoms with E-state index in [1.54, 1.807) is 0 Å². The lowest BCUT2D eigenvalue weighted by Crippen LogP contribution is -2.68. The van der Waals surface area contributed by atoms with Gasteiger partial charge in [0.25, 0.3) is 11.5 Å². The first-order valence-electron chi connectivity index (χ1n) is 8.47. The smallest absolute Gasteiger partial charge is 0.393 e. The van der Waals surface area contributed by atoms with Crippen molar-refractivity contribution in [3.63, 3.8) is 0 Å². The van der Waals surface area contributed by atoms with Crippen LogP contribution in [0.5, 0.6) is 0 Å². The Morgan fingerprint density at radius 1 is 1.28 bits per heavy atom. The van der Waals surface area contributed by atoms with Crippen LogP contribution in [0.25, 0.3) is 5.53 Å². The number of rotatable bonds is 7. The number of ketones is 1. The van der Waals surface area contributed by atoms with Gasteiger partial charge in [0, 0.05) is 30.0 Å². The zero-order valence-electron chi connectivity index (χ0n) is 15.4. The van der Waals surface area contributed by atoms with Gasteiger partial charge in [-0.25, -0.2) is 9.59 Å². The summed E-state index contributed by atoms with van der Waals surface area (Å²) >= 11 is 0. The summed E-state index contributed by atoms with van der Waals surface area (Å²) < 4.78 is 4.51. The summed E-state index contributed by atoms with van der Waals surface area (Å²) in [6.07, 6.45) is -1.99. The van der Waals surface area contributed by atoms with Crippen LogP contribution >= 0.6 is 0 Å². The minimum Gasteiger partial charge on any atom is -0.393 e. The molecule has 0 radical (unpaired) electrons. The molecule has 1 aromatic rings. The average Bonchev–Trinajstić information content (AvgIpc) is 2.65. The first kappa shape index (κ1) is 22.0. The van der Waals surface area contributed by atoms with Crippen LogP contribution < -0.4 is 5.32 Å². The van der Waals surface area contributed by atoms with Crippen LogP contribution in [0.2, 0.25) is 0 Å². The van der Waals surface area contributed by atoms with Crippen LogP contribution in [0.3, 0.4) is 0 Å². The van der Waals surface area contributed by atoms with Crippen molar-refractivity contribution in [3.05, 3.63) is 45.5 Å². The molecule has 154 valence electrons. The molecule has 3 N–H and O–H groups in total. The maximum Gasteiger partial charge on any atom is 0.442 e. The van der Waals surface area contributed by atoms with E-state index in [1.807, 2.05) is 0 Å². The van der Waals surface area contributed by atoms with E-state index in [0.717, 1.165) is 24.3 Å². The second-order valence-corrected chi connectivity index (χ2v) is 6.54. The Labute approximate surface area is 163 Å². The molecule has 0 spiro atoms. The van der Waals surface area contributed by atoms with Crippen LogP contribution in [-0.2, 0) is 14.3 Å². The van der Waals surface area contributed by atoms with E-state index < -0.39 is 58.6 Å². The molecule has 2 rings (SSSR count). The van der Waals surface area contributed by atoms with Gasteiger partial charge < -0.3 is 20.5 Å². The largest absolute Gasteiger partial charge is 0.442 e. The Bertz CT molecular complexity index is 886. The number of hydrogen-bond donors (Lipinski definition) is 3. The highest BCUT2D eigenvalue weighted by molar-refractivity contribution is 6.63. The van der Waals surface area contributed by atoms with E-state index in [0.29, 0.717) is 0 Å². The average molecular weight is 406 g/mol. The molecule has 29 heavy (non-hydrogen) atoms. The van der Waals surface area contributed by atoms with Gasteiger partial charge in [0.1, 0.15) is 6.23 Å². The lowest BCUT2D eigenvalue weighted by molar-refractivity contribution is -0.384. The summed E-state index contributed by atoms with van der Waals surface area (Å²) in [5.41, 5.74) is 7.54. The molecule has 0 saturated carbocycles. The van der Waals surface area contributed by atoms with Gasteiger partial charge in [0.2, 0.25) is 0 Å².